The lowest BCUT2D eigenvalue weighted by atomic mass is 10.1. The van der Waals surface area contributed by atoms with Gasteiger partial charge in [-0.1, -0.05) is 11.6 Å². The summed E-state index contributed by atoms with van der Waals surface area (Å²) in [6.45, 7) is 2.01. The highest BCUT2D eigenvalue weighted by atomic mass is 35.5. The van der Waals surface area contributed by atoms with Crippen LogP contribution in [0.15, 0.2) is 18.2 Å². The highest BCUT2D eigenvalue weighted by molar-refractivity contribution is 6.34. The summed E-state index contributed by atoms with van der Waals surface area (Å²) in [6, 6.07) is 5.17. The van der Waals surface area contributed by atoms with E-state index >= 15 is 0 Å². The summed E-state index contributed by atoms with van der Waals surface area (Å²) < 4.78 is 0. The smallest absolute Gasteiger partial charge is 0.252 e. The fourth-order valence-corrected chi connectivity index (χ4v) is 2.80. The van der Waals surface area contributed by atoms with Crippen LogP contribution in [0.1, 0.15) is 36.0 Å². The fourth-order valence-electron chi connectivity index (χ4n) is 2.53. The van der Waals surface area contributed by atoms with E-state index < -0.39 is 0 Å². The molecule has 0 saturated carbocycles. The number of piperidine rings is 1. The normalized spacial score (nSPS) is 14.5. The van der Waals surface area contributed by atoms with Gasteiger partial charge in [-0.3, -0.25) is 9.59 Å². The molecule has 0 atom stereocenters. The van der Waals surface area contributed by atoms with Gasteiger partial charge in [0.15, 0.2) is 0 Å². The van der Waals surface area contributed by atoms with Crippen LogP contribution in [0.5, 0.6) is 0 Å². The Morgan fingerprint density at radius 2 is 1.95 bits per heavy atom. The SMILES string of the molecule is CNc1ccc(C(=O)NCCC(=O)N2CCCCC2)c(Cl)c1. The van der Waals surface area contributed by atoms with Gasteiger partial charge in [0.1, 0.15) is 0 Å². The molecule has 0 aromatic heterocycles. The van der Waals surface area contributed by atoms with Gasteiger partial charge in [-0.05, 0) is 37.5 Å². The average molecular weight is 324 g/mol. The van der Waals surface area contributed by atoms with Gasteiger partial charge in [0, 0.05) is 38.8 Å². The summed E-state index contributed by atoms with van der Waals surface area (Å²) in [5.74, 6) is -0.143. The van der Waals surface area contributed by atoms with Gasteiger partial charge in [0.2, 0.25) is 5.91 Å². The van der Waals surface area contributed by atoms with E-state index in [1.807, 2.05) is 4.90 Å². The Morgan fingerprint density at radius 1 is 1.23 bits per heavy atom. The molecule has 1 saturated heterocycles. The number of likely N-dealkylation sites (tertiary alicyclic amines) is 1. The molecule has 6 heteroatoms. The maximum absolute atomic E-state index is 12.1. The molecule has 1 heterocycles. The lowest BCUT2D eigenvalue weighted by molar-refractivity contribution is -0.131. The highest BCUT2D eigenvalue weighted by Gasteiger charge is 2.16. The van der Waals surface area contributed by atoms with E-state index in [-0.39, 0.29) is 11.8 Å². The monoisotopic (exact) mass is 323 g/mol. The highest BCUT2D eigenvalue weighted by Crippen LogP contribution is 2.20. The molecule has 120 valence electrons. The Bertz CT molecular complexity index is 542. The largest absolute Gasteiger partial charge is 0.388 e. The van der Waals surface area contributed by atoms with E-state index in [1.165, 1.54) is 6.42 Å². The van der Waals surface area contributed by atoms with E-state index in [2.05, 4.69) is 10.6 Å². The molecule has 0 radical (unpaired) electrons. The van der Waals surface area contributed by atoms with Crippen LogP contribution in [0.2, 0.25) is 5.02 Å². The molecule has 0 unspecified atom stereocenters. The van der Waals surface area contributed by atoms with Gasteiger partial charge < -0.3 is 15.5 Å². The second-order valence-electron chi connectivity index (χ2n) is 5.39. The number of carbonyl (C=O) groups excluding carboxylic acids is 2. The Morgan fingerprint density at radius 3 is 2.59 bits per heavy atom. The first-order valence-corrected chi connectivity index (χ1v) is 8.03. The zero-order valence-corrected chi connectivity index (χ0v) is 13.6. The van der Waals surface area contributed by atoms with Crippen molar-refractivity contribution in [2.24, 2.45) is 0 Å². The second kappa shape index (κ2) is 8.03. The number of hydrogen-bond acceptors (Lipinski definition) is 3. The zero-order valence-electron chi connectivity index (χ0n) is 12.8. The lowest BCUT2D eigenvalue weighted by Crippen LogP contribution is -2.37. The van der Waals surface area contributed by atoms with Crippen molar-refractivity contribution in [1.29, 1.82) is 0 Å². The van der Waals surface area contributed by atoms with Crippen LogP contribution in [0.3, 0.4) is 0 Å². The Hall–Kier alpha value is -1.75. The number of benzene rings is 1. The minimum absolute atomic E-state index is 0.108. The van der Waals surface area contributed by atoms with Crippen molar-refractivity contribution in [2.75, 3.05) is 32.0 Å². The molecule has 0 bridgehead atoms. The first-order chi connectivity index (χ1) is 10.6. The van der Waals surface area contributed by atoms with Crippen LogP contribution in [-0.4, -0.2) is 43.4 Å². The number of hydrogen-bond donors (Lipinski definition) is 2. The third-order valence-corrected chi connectivity index (χ3v) is 4.15. The first-order valence-electron chi connectivity index (χ1n) is 7.65. The Kier molecular flexibility index (Phi) is 6.07. The summed E-state index contributed by atoms with van der Waals surface area (Å²) in [5, 5.41) is 6.11. The van der Waals surface area contributed by atoms with E-state index in [9.17, 15) is 9.59 Å². The van der Waals surface area contributed by atoms with Crippen molar-refractivity contribution >= 4 is 29.1 Å². The molecule has 0 spiro atoms. The van der Waals surface area contributed by atoms with E-state index in [1.54, 1.807) is 25.2 Å². The molecule has 0 aliphatic carbocycles. The van der Waals surface area contributed by atoms with Crippen LogP contribution in [-0.2, 0) is 4.79 Å². The summed E-state index contributed by atoms with van der Waals surface area (Å²) in [5.41, 5.74) is 1.27. The molecule has 22 heavy (non-hydrogen) atoms. The Balaban J connectivity index is 1.81. The third kappa shape index (κ3) is 4.37. The molecule has 2 N–H and O–H groups in total. The molecule has 2 amide bonds. The average Bonchev–Trinajstić information content (AvgIpc) is 2.55. The number of nitrogens with one attached hydrogen (secondary N) is 2. The van der Waals surface area contributed by atoms with Crippen LogP contribution >= 0.6 is 11.6 Å². The predicted octanol–water partition coefficient (Wildman–Crippen LogP) is 2.51. The van der Waals surface area contributed by atoms with Gasteiger partial charge in [-0.2, -0.15) is 0 Å². The van der Waals surface area contributed by atoms with Crippen molar-refractivity contribution in [2.45, 2.75) is 25.7 Å². The maximum Gasteiger partial charge on any atom is 0.252 e. The van der Waals surface area contributed by atoms with Gasteiger partial charge >= 0.3 is 0 Å². The number of carbonyl (C=O) groups is 2. The molecule has 1 aliphatic rings. The number of rotatable bonds is 5. The third-order valence-electron chi connectivity index (χ3n) is 3.84. The van der Waals surface area contributed by atoms with Crippen molar-refractivity contribution in [3.05, 3.63) is 28.8 Å². The standard InChI is InChI=1S/C16H22ClN3O2/c1-18-12-5-6-13(14(17)11-12)16(22)19-8-7-15(21)20-9-3-2-4-10-20/h5-6,11,18H,2-4,7-10H2,1H3,(H,19,22). The van der Waals surface area contributed by atoms with Crippen molar-refractivity contribution in [3.8, 4) is 0 Å². The topological polar surface area (TPSA) is 61.4 Å². The minimum atomic E-state index is -0.251. The van der Waals surface area contributed by atoms with Gasteiger partial charge in [-0.15, -0.1) is 0 Å². The Labute approximate surface area is 136 Å². The number of nitrogens with zero attached hydrogens (tertiary/aromatic N) is 1. The molecule has 2 rings (SSSR count). The number of halogens is 1. The van der Waals surface area contributed by atoms with E-state index in [4.69, 9.17) is 11.6 Å². The molecule has 1 aromatic carbocycles. The number of anilines is 1. The van der Waals surface area contributed by atoms with Gasteiger partial charge in [0.05, 0.1) is 10.6 Å². The van der Waals surface area contributed by atoms with E-state index in [0.29, 0.717) is 23.6 Å². The first kappa shape index (κ1) is 16.6. The molecule has 1 aliphatic heterocycles. The molecule has 1 aromatic rings. The zero-order chi connectivity index (χ0) is 15.9. The quantitative estimate of drug-likeness (QED) is 0.875. The van der Waals surface area contributed by atoms with E-state index in [0.717, 1.165) is 31.6 Å². The second-order valence-corrected chi connectivity index (χ2v) is 5.80. The van der Waals surface area contributed by atoms with Crippen molar-refractivity contribution in [1.82, 2.24) is 10.2 Å². The predicted molar refractivity (Wildman–Crippen MR) is 88.4 cm³/mol. The summed E-state index contributed by atoms with van der Waals surface area (Å²) in [7, 11) is 1.79. The summed E-state index contributed by atoms with van der Waals surface area (Å²) >= 11 is 6.09. The summed E-state index contributed by atoms with van der Waals surface area (Å²) in [6.07, 6.45) is 3.68. The van der Waals surface area contributed by atoms with Crippen LogP contribution < -0.4 is 10.6 Å². The molecular formula is C16H22ClN3O2. The minimum Gasteiger partial charge on any atom is -0.388 e. The van der Waals surface area contributed by atoms with Gasteiger partial charge in [-0.25, -0.2) is 0 Å². The molecule has 1 fully saturated rings. The number of amides is 2. The van der Waals surface area contributed by atoms with Crippen molar-refractivity contribution in [3.63, 3.8) is 0 Å². The summed E-state index contributed by atoms with van der Waals surface area (Å²) in [4.78, 5) is 26.0. The van der Waals surface area contributed by atoms with Crippen LogP contribution in [0.4, 0.5) is 5.69 Å². The lowest BCUT2D eigenvalue weighted by Gasteiger charge is -2.26. The van der Waals surface area contributed by atoms with Crippen LogP contribution in [0.25, 0.3) is 0 Å². The maximum atomic E-state index is 12.1. The molecular weight excluding hydrogens is 302 g/mol. The van der Waals surface area contributed by atoms with Gasteiger partial charge in [0.25, 0.3) is 5.91 Å². The van der Waals surface area contributed by atoms with Crippen molar-refractivity contribution < 1.29 is 9.59 Å². The fraction of sp³-hybridized carbons (Fsp3) is 0.500. The van der Waals surface area contributed by atoms with Crippen LogP contribution in [0, 0.1) is 0 Å². The molecule has 5 nitrogen and oxygen atoms in total.